The fourth-order valence-electron chi connectivity index (χ4n) is 2.69. The zero-order valence-electron chi connectivity index (χ0n) is 16.4. The van der Waals surface area contributed by atoms with Gasteiger partial charge in [-0.15, -0.1) is 0 Å². The van der Waals surface area contributed by atoms with Crippen LogP contribution in [0.4, 0.5) is 5.69 Å². The summed E-state index contributed by atoms with van der Waals surface area (Å²) in [7, 11) is 4.67. The number of benzene rings is 2. The summed E-state index contributed by atoms with van der Waals surface area (Å²) in [5.74, 6) is 1.40. The molecule has 0 aromatic heterocycles. The fraction of sp³-hybridized carbons (Fsp3) is 0.318. The highest BCUT2D eigenvalue weighted by atomic mass is 16.5. The molecule has 0 fully saturated rings. The van der Waals surface area contributed by atoms with E-state index in [4.69, 9.17) is 14.2 Å². The second kappa shape index (κ2) is 10.3. The largest absolute Gasteiger partial charge is 0.493 e. The first kappa shape index (κ1) is 20.4. The fourth-order valence-corrected chi connectivity index (χ4v) is 2.69. The molecule has 0 saturated carbocycles. The van der Waals surface area contributed by atoms with E-state index >= 15 is 0 Å². The molecule has 1 N–H and O–H groups in total. The normalized spacial score (nSPS) is 10.7. The molecule has 0 heterocycles. The molecule has 2 rings (SSSR count). The first-order valence-electron chi connectivity index (χ1n) is 8.99. The second-order valence-electron chi connectivity index (χ2n) is 6.08. The van der Waals surface area contributed by atoms with Crippen molar-refractivity contribution in [2.24, 2.45) is 0 Å². The molecule has 0 atom stereocenters. The Labute approximate surface area is 161 Å². The summed E-state index contributed by atoms with van der Waals surface area (Å²) in [4.78, 5) is 12.2. The molecule has 0 aliphatic heterocycles. The summed E-state index contributed by atoms with van der Waals surface area (Å²) in [5.41, 5.74) is 2.83. The Morgan fingerprint density at radius 2 is 1.63 bits per heavy atom. The molecule has 0 aliphatic rings. The maximum atomic E-state index is 12.2. The molecule has 5 nitrogen and oxygen atoms in total. The molecule has 5 heteroatoms. The predicted octanol–water partition coefficient (Wildman–Crippen LogP) is 4.71. The smallest absolute Gasteiger partial charge is 0.248 e. The number of rotatable bonds is 9. The average Bonchev–Trinajstić information content (AvgIpc) is 2.70. The van der Waals surface area contributed by atoms with Crippen LogP contribution < -0.4 is 19.5 Å². The Hall–Kier alpha value is -2.95. The van der Waals surface area contributed by atoms with Crippen molar-refractivity contribution in [1.82, 2.24) is 0 Å². The number of hydrogen-bond acceptors (Lipinski definition) is 4. The molecule has 0 saturated heterocycles. The lowest BCUT2D eigenvalue weighted by Crippen LogP contribution is -2.07. The number of methoxy groups -OCH3 is 3. The van der Waals surface area contributed by atoms with Gasteiger partial charge in [-0.25, -0.2) is 0 Å². The highest BCUT2D eigenvalue weighted by molar-refractivity contribution is 6.02. The van der Waals surface area contributed by atoms with Crippen molar-refractivity contribution in [3.05, 3.63) is 53.6 Å². The molecule has 0 aliphatic carbocycles. The molecule has 0 radical (unpaired) electrons. The summed E-state index contributed by atoms with van der Waals surface area (Å²) < 4.78 is 15.9. The van der Waals surface area contributed by atoms with Gasteiger partial charge in [-0.2, -0.15) is 0 Å². The maximum absolute atomic E-state index is 12.2. The Morgan fingerprint density at radius 3 is 2.15 bits per heavy atom. The van der Waals surface area contributed by atoms with Crippen LogP contribution in [0.15, 0.2) is 42.5 Å². The Balaban J connectivity index is 2.05. The average molecular weight is 369 g/mol. The number of ether oxygens (including phenoxy) is 3. The van der Waals surface area contributed by atoms with Gasteiger partial charge in [0.2, 0.25) is 11.7 Å². The Bertz CT molecular complexity index is 756. The lowest BCUT2D eigenvalue weighted by Gasteiger charge is -2.12. The van der Waals surface area contributed by atoms with Crippen molar-refractivity contribution in [1.29, 1.82) is 0 Å². The van der Waals surface area contributed by atoms with Crippen molar-refractivity contribution in [3.63, 3.8) is 0 Å². The van der Waals surface area contributed by atoms with Crippen molar-refractivity contribution in [3.8, 4) is 17.2 Å². The number of unbranched alkanes of at least 4 members (excludes halogenated alkanes) is 1. The third-order valence-electron chi connectivity index (χ3n) is 4.15. The van der Waals surface area contributed by atoms with Crippen LogP contribution in [0.2, 0.25) is 0 Å². The van der Waals surface area contributed by atoms with Crippen LogP contribution in [0.1, 0.15) is 30.9 Å². The zero-order chi connectivity index (χ0) is 19.6. The minimum absolute atomic E-state index is 0.204. The van der Waals surface area contributed by atoms with Gasteiger partial charge in [0.15, 0.2) is 11.5 Å². The molecule has 2 aromatic rings. The quantitative estimate of drug-likeness (QED) is 0.651. The van der Waals surface area contributed by atoms with Crippen molar-refractivity contribution < 1.29 is 19.0 Å². The second-order valence-corrected chi connectivity index (χ2v) is 6.08. The third kappa shape index (κ3) is 5.78. The number of anilines is 1. The van der Waals surface area contributed by atoms with Gasteiger partial charge in [-0.1, -0.05) is 25.5 Å². The van der Waals surface area contributed by atoms with Gasteiger partial charge in [0, 0.05) is 11.8 Å². The van der Waals surface area contributed by atoms with E-state index in [-0.39, 0.29) is 5.91 Å². The van der Waals surface area contributed by atoms with Gasteiger partial charge >= 0.3 is 0 Å². The first-order valence-corrected chi connectivity index (χ1v) is 8.99. The molecule has 2 aromatic carbocycles. The lowest BCUT2D eigenvalue weighted by molar-refractivity contribution is -0.111. The molecular weight excluding hydrogens is 342 g/mol. The summed E-state index contributed by atoms with van der Waals surface area (Å²) in [5, 5.41) is 2.86. The SMILES string of the molecule is CCCCc1ccc(NC(=O)/C=C/c2cc(OC)c(OC)c(OC)c2)cc1. The predicted molar refractivity (Wildman–Crippen MR) is 109 cm³/mol. The highest BCUT2D eigenvalue weighted by Crippen LogP contribution is 2.38. The van der Waals surface area contributed by atoms with Crippen LogP contribution in [-0.2, 0) is 11.2 Å². The maximum Gasteiger partial charge on any atom is 0.248 e. The van der Waals surface area contributed by atoms with Gasteiger partial charge in [-0.3, -0.25) is 4.79 Å². The van der Waals surface area contributed by atoms with Gasteiger partial charge < -0.3 is 19.5 Å². The van der Waals surface area contributed by atoms with Crippen LogP contribution in [0.25, 0.3) is 6.08 Å². The number of hydrogen-bond donors (Lipinski definition) is 1. The number of carbonyl (C=O) groups is 1. The Kier molecular flexibility index (Phi) is 7.74. The van der Waals surface area contributed by atoms with Gasteiger partial charge in [0.05, 0.1) is 21.3 Å². The third-order valence-corrected chi connectivity index (χ3v) is 4.15. The van der Waals surface area contributed by atoms with Crippen LogP contribution in [0, 0.1) is 0 Å². The first-order chi connectivity index (χ1) is 13.1. The summed E-state index contributed by atoms with van der Waals surface area (Å²) in [6.07, 6.45) is 6.58. The molecule has 0 spiro atoms. The van der Waals surface area contributed by atoms with E-state index in [1.165, 1.54) is 24.5 Å². The summed E-state index contributed by atoms with van der Waals surface area (Å²) in [6.45, 7) is 2.18. The van der Waals surface area contributed by atoms with Gasteiger partial charge in [-0.05, 0) is 54.3 Å². The van der Waals surface area contributed by atoms with E-state index in [1.54, 1.807) is 39.5 Å². The van der Waals surface area contributed by atoms with Crippen LogP contribution in [-0.4, -0.2) is 27.2 Å². The topological polar surface area (TPSA) is 56.8 Å². The molecular formula is C22H27NO4. The summed E-state index contributed by atoms with van der Waals surface area (Å²) >= 11 is 0. The van der Waals surface area contributed by atoms with Crippen LogP contribution in [0.3, 0.4) is 0 Å². The molecule has 0 unspecified atom stereocenters. The number of amides is 1. The van der Waals surface area contributed by atoms with E-state index in [9.17, 15) is 4.79 Å². The van der Waals surface area contributed by atoms with Gasteiger partial charge in [0.25, 0.3) is 0 Å². The van der Waals surface area contributed by atoms with Crippen molar-refractivity contribution >= 4 is 17.7 Å². The van der Waals surface area contributed by atoms with E-state index in [1.807, 2.05) is 24.3 Å². The standard InChI is InChI=1S/C22H27NO4/c1-5-6-7-16-8-11-18(12-9-16)23-21(24)13-10-17-14-19(25-2)22(27-4)20(15-17)26-3/h8-15H,5-7H2,1-4H3,(H,23,24)/b13-10+. The molecule has 27 heavy (non-hydrogen) atoms. The van der Waals surface area contributed by atoms with E-state index in [0.717, 1.165) is 17.7 Å². The zero-order valence-corrected chi connectivity index (χ0v) is 16.4. The highest BCUT2D eigenvalue weighted by Gasteiger charge is 2.12. The molecule has 1 amide bonds. The van der Waals surface area contributed by atoms with E-state index in [0.29, 0.717) is 17.2 Å². The number of aryl methyl sites for hydroxylation is 1. The summed E-state index contributed by atoms with van der Waals surface area (Å²) in [6, 6.07) is 11.5. The van der Waals surface area contributed by atoms with Crippen molar-refractivity contribution in [2.75, 3.05) is 26.6 Å². The lowest BCUT2D eigenvalue weighted by atomic mass is 10.1. The van der Waals surface area contributed by atoms with Gasteiger partial charge in [0.1, 0.15) is 0 Å². The number of nitrogens with one attached hydrogen (secondary N) is 1. The van der Waals surface area contributed by atoms with E-state index < -0.39 is 0 Å². The monoisotopic (exact) mass is 369 g/mol. The molecule has 0 bridgehead atoms. The van der Waals surface area contributed by atoms with Crippen molar-refractivity contribution in [2.45, 2.75) is 26.2 Å². The van der Waals surface area contributed by atoms with Crippen LogP contribution in [0.5, 0.6) is 17.2 Å². The van der Waals surface area contributed by atoms with Crippen LogP contribution >= 0.6 is 0 Å². The number of carbonyl (C=O) groups excluding carboxylic acids is 1. The van der Waals surface area contributed by atoms with E-state index in [2.05, 4.69) is 12.2 Å². The Morgan fingerprint density at radius 1 is 1.00 bits per heavy atom. The molecule has 144 valence electrons. The minimum Gasteiger partial charge on any atom is -0.493 e. The minimum atomic E-state index is -0.204.